The van der Waals surface area contributed by atoms with Crippen LogP contribution in [0.2, 0.25) is 0 Å². The van der Waals surface area contributed by atoms with Crippen LogP contribution in [0.4, 0.5) is 10.5 Å². The van der Waals surface area contributed by atoms with Crippen LogP contribution in [-0.4, -0.2) is 17.6 Å². The minimum absolute atomic E-state index is 0.0635. The van der Waals surface area contributed by atoms with Gasteiger partial charge in [0.05, 0.1) is 11.5 Å². The van der Waals surface area contributed by atoms with Gasteiger partial charge in [-0.15, -0.1) is 0 Å². The molecule has 0 aliphatic rings. The van der Waals surface area contributed by atoms with E-state index in [1.807, 2.05) is 0 Å². The molecule has 0 aliphatic carbocycles. The van der Waals surface area contributed by atoms with Crippen LogP contribution in [0.5, 0.6) is 5.75 Å². The van der Waals surface area contributed by atoms with Crippen molar-refractivity contribution < 1.29 is 19.3 Å². The minimum Gasteiger partial charge on any atom is -0.409 e. The number of ether oxygens (including phenoxy) is 1. The van der Waals surface area contributed by atoms with Crippen molar-refractivity contribution in [3.63, 3.8) is 0 Å². The molecule has 0 unspecified atom stereocenters. The van der Waals surface area contributed by atoms with Gasteiger partial charge in [-0.25, -0.2) is 4.79 Å². The van der Waals surface area contributed by atoms with Gasteiger partial charge in [0.1, 0.15) is 5.75 Å². The molecule has 1 aromatic carbocycles. The average molecular weight is 447 g/mol. The molecule has 0 bridgehead atoms. The molecule has 0 aromatic heterocycles. The third-order valence-corrected chi connectivity index (χ3v) is 4.86. The van der Waals surface area contributed by atoms with E-state index in [4.69, 9.17) is 9.57 Å². The first-order valence-corrected chi connectivity index (χ1v) is 11.8. The van der Waals surface area contributed by atoms with Gasteiger partial charge in [0.2, 0.25) is 0 Å². The first-order chi connectivity index (χ1) is 15.6. The Bertz CT molecular complexity index is 686. The van der Waals surface area contributed by atoms with Crippen molar-refractivity contribution in [2.24, 2.45) is 0 Å². The summed E-state index contributed by atoms with van der Waals surface area (Å²) in [7, 11) is 0. The van der Waals surface area contributed by atoms with Crippen molar-refractivity contribution in [3.8, 4) is 5.75 Å². The molecule has 0 saturated heterocycles. The monoisotopic (exact) mass is 446 g/mol. The van der Waals surface area contributed by atoms with Gasteiger partial charge in [-0.05, 0) is 50.7 Å². The summed E-state index contributed by atoms with van der Waals surface area (Å²) in [6.07, 6.45) is 22.4. The highest BCUT2D eigenvalue weighted by Gasteiger charge is 2.07. The standard InChI is InChI=1S/C25H38N2O5/c1-2-3-4-5-6-7-8-9-10-11-12-13-14-15-16-17-22-31-26-25(28)32-24-20-18-23(19-21-24)27(29)30/h6-7,9-10,18-21H,2-5,8,11-17,22H2,1H3,(H,26,28). The normalized spacial score (nSPS) is 11.3. The van der Waals surface area contributed by atoms with Crippen LogP contribution in [0.15, 0.2) is 48.6 Å². The molecule has 1 N–H and O–H groups in total. The van der Waals surface area contributed by atoms with E-state index in [9.17, 15) is 14.9 Å². The number of amides is 1. The summed E-state index contributed by atoms with van der Waals surface area (Å²) in [6, 6.07) is 5.27. The number of unbranched alkanes of at least 4 members (excludes halogenated alkanes) is 9. The highest BCUT2D eigenvalue weighted by molar-refractivity contribution is 5.69. The van der Waals surface area contributed by atoms with E-state index in [1.165, 1.54) is 69.2 Å². The van der Waals surface area contributed by atoms with Gasteiger partial charge in [-0.2, -0.15) is 5.48 Å². The molecule has 0 heterocycles. The van der Waals surface area contributed by atoms with E-state index >= 15 is 0 Å². The van der Waals surface area contributed by atoms with Crippen molar-refractivity contribution in [1.29, 1.82) is 0 Å². The van der Waals surface area contributed by atoms with E-state index in [1.54, 1.807) is 0 Å². The fourth-order valence-corrected chi connectivity index (χ4v) is 3.04. The van der Waals surface area contributed by atoms with Crippen LogP contribution in [0.3, 0.4) is 0 Å². The Balaban J connectivity index is 1.89. The smallest absolute Gasteiger partial charge is 0.409 e. The maximum absolute atomic E-state index is 11.6. The fourth-order valence-electron chi connectivity index (χ4n) is 3.04. The second-order valence-electron chi connectivity index (χ2n) is 7.68. The fraction of sp³-hybridized carbons (Fsp3) is 0.560. The molecule has 0 aliphatic heterocycles. The van der Waals surface area contributed by atoms with Crippen LogP contribution in [0.25, 0.3) is 0 Å². The minimum atomic E-state index is -0.751. The van der Waals surface area contributed by atoms with Crippen molar-refractivity contribution in [3.05, 3.63) is 58.7 Å². The molecule has 1 rings (SSSR count). The zero-order valence-electron chi connectivity index (χ0n) is 19.3. The number of hydrogen-bond donors (Lipinski definition) is 1. The first kappa shape index (κ1) is 27.4. The van der Waals surface area contributed by atoms with Gasteiger partial charge in [-0.3, -0.25) is 15.0 Å². The molecule has 0 atom stereocenters. The van der Waals surface area contributed by atoms with Crippen molar-refractivity contribution in [2.75, 3.05) is 6.61 Å². The van der Waals surface area contributed by atoms with Crippen LogP contribution >= 0.6 is 0 Å². The van der Waals surface area contributed by atoms with Gasteiger partial charge in [0.15, 0.2) is 0 Å². The summed E-state index contributed by atoms with van der Waals surface area (Å²) in [5, 5.41) is 10.6. The van der Waals surface area contributed by atoms with E-state index < -0.39 is 11.0 Å². The summed E-state index contributed by atoms with van der Waals surface area (Å²) in [6.45, 7) is 2.65. The molecule has 7 heteroatoms. The van der Waals surface area contributed by atoms with Gasteiger partial charge in [0, 0.05) is 12.1 Å². The van der Waals surface area contributed by atoms with Gasteiger partial charge in [0.25, 0.3) is 5.69 Å². The third-order valence-electron chi connectivity index (χ3n) is 4.86. The van der Waals surface area contributed by atoms with Crippen LogP contribution in [-0.2, 0) is 4.84 Å². The number of benzene rings is 1. The number of nitro groups is 1. The number of hydrogen-bond acceptors (Lipinski definition) is 5. The number of hydroxylamine groups is 1. The molecule has 1 aromatic rings. The zero-order valence-corrected chi connectivity index (χ0v) is 19.3. The lowest BCUT2D eigenvalue weighted by Crippen LogP contribution is -2.27. The second-order valence-corrected chi connectivity index (χ2v) is 7.68. The van der Waals surface area contributed by atoms with Gasteiger partial charge in [-0.1, -0.05) is 69.8 Å². The molecule has 178 valence electrons. The van der Waals surface area contributed by atoms with E-state index in [0.29, 0.717) is 6.61 Å². The maximum atomic E-state index is 11.6. The van der Waals surface area contributed by atoms with Crippen LogP contribution in [0, 0.1) is 10.1 Å². The van der Waals surface area contributed by atoms with E-state index in [0.717, 1.165) is 32.1 Å². The lowest BCUT2D eigenvalue weighted by Gasteiger charge is -2.07. The molecule has 7 nitrogen and oxygen atoms in total. The molecule has 0 radical (unpaired) electrons. The first-order valence-electron chi connectivity index (χ1n) is 11.8. The number of non-ortho nitro benzene ring substituents is 1. The number of allylic oxidation sites excluding steroid dienone is 4. The number of nitro benzene ring substituents is 1. The van der Waals surface area contributed by atoms with E-state index in [2.05, 4.69) is 36.7 Å². The summed E-state index contributed by atoms with van der Waals surface area (Å²) in [4.78, 5) is 26.8. The number of carbonyl (C=O) groups is 1. The number of rotatable bonds is 18. The highest BCUT2D eigenvalue weighted by Crippen LogP contribution is 2.17. The largest absolute Gasteiger partial charge is 0.436 e. The predicted molar refractivity (Wildman–Crippen MR) is 128 cm³/mol. The number of nitrogens with one attached hydrogen (secondary N) is 1. The zero-order chi connectivity index (χ0) is 23.3. The molecule has 1 amide bonds. The number of carbonyl (C=O) groups excluding carboxylic acids is 1. The van der Waals surface area contributed by atoms with Crippen molar-refractivity contribution >= 4 is 11.8 Å². The maximum Gasteiger partial charge on any atom is 0.436 e. The summed E-state index contributed by atoms with van der Waals surface area (Å²) in [5.41, 5.74) is 2.15. The predicted octanol–water partition coefficient (Wildman–Crippen LogP) is 7.43. The molecular weight excluding hydrogens is 408 g/mol. The second kappa shape index (κ2) is 19.0. The topological polar surface area (TPSA) is 90.7 Å². The average Bonchev–Trinajstić information content (AvgIpc) is 2.78. The molecular formula is C25H38N2O5. The summed E-state index contributed by atoms with van der Waals surface area (Å²) < 4.78 is 4.98. The van der Waals surface area contributed by atoms with Crippen LogP contribution < -0.4 is 10.2 Å². The highest BCUT2D eigenvalue weighted by atomic mass is 16.7. The molecule has 0 spiro atoms. The Morgan fingerprint density at radius 3 is 2.12 bits per heavy atom. The Labute approximate surface area is 192 Å². The molecule has 0 saturated carbocycles. The summed E-state index contributed by atoms with van der Waals surface area (Å²) >= 11 is 0. The summed E-state index contributed by atoms with van der Waals surface area (Å²) in [5.74, 6) is 0.213. The van der Waals surface area contributed by atoms with Gasteiger partial charge >= 0.3 is 6.09 Å². The van der Waals surface area contributed by atoms with Gasteiger partial charge < -0.3 is 4.74 Å². The molecule has 32 heavy (non-hydrogen) atoms. The van der Waals surface area contributed by atoms with Crippen molar-refractivity contribution in [1.82, 2.24) is 5.48 Å². The Morgan fingerprint density at radius 2 is 1.50 bits per heavy atom. The van der Waals surface area contributed by atoms with Crippen molar-refractivity contribution in [2.45, 2.75) is 84.0 Å². The Hall–Kier alpha value is -2.67. The van der Waals surface area contributed by atoms with E-state index in [-0.39, 0.29) is 11.4 Å². The quantitative estimate of drug-likeness (QED) is 0.110. The lowest BCUT2D eigenvalue weighted by atomic mass is 10.1. The SMILES string of the molecule is CCCCCC=CCC=CCCCCCCCCONC(=O)Oc1ccc([N+](=O)[O-])cc1. The number of nitrogens with zero attached hydrogens (tertiary/aromatic N) is 1. The Morgan fingerprint density at radius 1 is 0.906 bits per heavy atom. The lowest BCUT2D eigenvalue weighted by molar-refractivity contribution is -0.384. The molecule has 0 fully saturated rings. The Kier molecular flexibility index (Phi) is 16.3. The third kappa shape index (κ3) is 15.2. The van der Waals surface area contributed by atoms with Crippen LogP contribution in [0.1, 0.15) is 84.0 Å².